The van der Waals surface area contributed by atoms with E-state index in [0.717, 1.165) is 31.4 Å². The number of carboxylic acid groups (broad SMARTS) is 1. The molecule has 0 saturated carbocycles. The number of carboxylic acids is 1. The molecule has 0 amide bonds. The number of hydrogen-bond acceptors (Lipinski definition) is 3. The zero-order chi connectivity index (χ0) is 15.2. The van der Waals surface area contributed by atoms with Crippen molar-refractivity contribution in [3.8, 4) is 0 Å². The van der Waals surface area contributed by atoms with Crippen molar-refractivity contribution in [3.63, 3.8) is 0 Å². The van der Waals surface area contributed by atoms with Crippen LogP contribution in [0.5, 0.6) is 0 Å². The predicted octanol–water partition coefficient (Wildman–Crippen LogP) is 3.14. The first-order chi connectivity index (χ1) is 9.84. The molecule has 1 aromatic rings. The summed E-state index contributed by atoms with van der Waals surface area (Å²) < 4.78 is 44.4. The Kier molecular flexibility index (Phi) is 3.32. The van der Waals surface area contributed by atoms with E-state index in [1.165, 1.54) is 6.07 Å². The molecule has 4 nitrogen and oxygen atoms in total. The summed E-state index contributed by atoms with van der Waals surface area (Å²) >= 11 is 0. The van der Waals surface area contributed by atoms with Crippen LogP contribution in [0.1, 0.15) is 35.2 Å². The number of fused-ring (bicyclic) bond motifs is 2. The summed E-state index contributed by atoms with van der Waals surface area (Å²) in [5.74, 6) is -1.59. The Labute approximate surface area is 118 Å². The summed E-state index contributed by atoms with van der Waals surface area (Å²) in [6, 6.07) is 3.20. The van der Waals surface area contributed by atoms with Crippen LogP contribution in [-0.2, 0) is 10.9 Å². The van der Waals surface area contributed by atoms with Gasteiger partial charge in [0.25, 0.3) is 0 Å². The zero-order valence-electron chi connectivity index (χ0n) is 11.0. The van der Waals surface area contributed by atoms with E-state index in [-0.39, 0.29) is 23.9 Å². The van der Waals surface area contributed by atoms with Gasteiger partial charge in [-0.15, -0.1) is 0 Å². The van der Waals surface area contributed by atoms with Gasteiger partial charge in [0.15, 0.2) is 0 Å². The SMILES string of the molecule is O=C(O)c1ccc(NC2CC3CCC2O3)cc1C(F)(F)F. The van der Waals surface area contributed by atoms with Gasteiger partial charge in [-0.2, -0.15) is 13.2 Å². The summed E-state index contributed by atoms with van der Waals surface area (Å²) in [7, 11) is 0. The van der Waals surface area contributed by atoms with Crippen LogP contribution in [0.25, 0.3) is 0 Å². The molecule has 2 aliphatic rings. The maximum absolute atomic E-state index is 12.9. The minimum atomic E-state index is -4.70. The molecule has 3 rings (SSSR count). The van der Waals surface area contributed by atoms with Gasteiger partial charge in [0.2, 0.25) is 0 Å². The predicted molar refractivity (Wildman–Crippen MR) is 68.3 cm³/mol. The molecule has 2 bridgehead atoms. The number of carbonyl (C=O) groups is 1. The summed E-state index contributed by atoms with van der Waals surface area (Å²) in [6.07, 6.45) is -1.81. The van der Waals surface area contributed by atoms with Crippen molar-refractivity contribution >= 4 is 11.7 Å². The van der Waals surface area contributed by atoms with Crippen molar-refractivity contribution in [1.82, 2.24) is 0 Å². The lowest BCUT2D eigenvalue weighted by atomic mass is 9.95. The molecule has 1 aromatic carbocycles. The van der Waals surface area contributed by atoms with E-state index in [0.29, 0.717) is 0 Å². The van der Waals surface area contributed by atoms with Crippen LogP contribution in [0.4, 0.5) is 18.9 Å². The third-order valence-corrected chi connectivity index (χ3v) is 4.01. The molecule has 0 aromatic heterocycles. The molecule has 0 radical (unpaired) electrons. The van der Waals surface area contributed by atoms with Gasteiger partial charge in [-0.05, 0) is 37.5 Å². The molecule has 2 aliphatic heterocycles. The maximum Gasteiger partial charge on any atom is 0.417 e. The number of benzene rings is 1. The average Bonchev–Trinajstić information content (AvgIpc) is 2.99. The second kappa shape index (κ2) is 4.91. The molecule has 3 atom stereocenters. The molecule has 21 heavy (non-hydrogen) atoms. The Balaban J connectivity index is 1.85. The standard InChI is InChI=1S/C14H14F3NO3/c15-14(16,17)10-5-7(1-3-9(10)13(19)20)18-11-6-8-2-4-12(11)21-8/h1,3,5,8,11-12,18H,2,4,6H2,(H,19,20). The summed E-state index contributed by atoms with van der Waals surface area (Å²) in [5.41, 5.74) is -1.60. The Morgan fingerprint density at radius 2 is 2.10 bits per heavy atom. The molecular weight excluding hydrogens is 287 g/mol. The molecule has 2 heterocycles. The number of rotatable bonds is 3. The van der Waals surface area contributed by atoms with Crippen LogP contribution in [-0.4, -0.2) is 29.3 Å². The Morgan fingerprint density at radius 1 is 1.33 bits per heavy atom. The highest BCUT2D eigenvalue weighted by atomic mass is 19.4. The Morgan fingerprint density at radius 3 is 2.62 bits per heavy atom. The molecule has 0 spiro atoms. The molecule has 3 unspecified atom stereocenters. The quantitative estimate of drug-likeness (QED) is 0.900. The highest BCUT2D eigenvalue weighted by Crippen LogP contribution is 2.38. The van der Waals surface area contributed by atoms with Gasteiger partial charge in [0.1, 0.15) is 0 Å². The van der Waals surface area contributed by atoms with E-state index in [4.69, 9.17) is 9.84 Å². The van der Waals surface area contributed by atoms with Gasteiger partial charge in [-0.25, -0.2) is 4.79 Å². The third kappa shape index (κ3) is 2.70. The minimum Gasteiger partial charge on any atom is -0.478 e. The molecule has 2 fully saturated rings. The van der Waals surface area contributed by atoms with Crippen molar-refractivity contribution in [1.29, 1.82) is 0 Å². The fourth-order valence-corrected chi connectivity index (χ4v) is 3.06. The van der Waals surface area contributed by atoms with E-state index in [1.54, 1.807) is 0 Å². The van der Waals surface area contributed by atoms with Crippen LogP contribution in [0.3, 0.4) is 0 Å². The number of ether oxygens (including phenoxy) is 1. The lowest BCUT2D eigenvalue weighted by Gasteiger charge is -2.22. The Hall–Kier alpha value is -1.76. The van der Waals surface area contributed by atoms with E-state index < -0.39 is 23.3 Å². The number of alkyl halides is 3. The van der Waals surface area contributed by atoms with Gasteiger partial charge in [0.05, 0.1) is 29.4 Å². The first-order valence-electron chi connectivity index (χ1n) is 6.71. The number of nitrogens with one attached hydrogen (secondary N) is 1. The molecule has 0 aliphatic carbocycles. The first-order valence-corrected chi connectivity index (χ1v) is 6.71. The number of aromatic carboxylic acids is 1. The summed E-state index contributed by atoms with van der Waals surface area (Å²) in [6.45, 7) is 0. The van der Waals surface area contributed by atoms with Gasteiger partial charge < -0.3 is 15.2 Å². The third-order valence-electron chi connectivity index (χ3n) is 4.01. The number of hydrogen-bond donors (Lipinski definition) is 2. The van der Waals surface area contributed by atoms with Crippen LogP contribution < -0.4 is 5.32 Å². The van der Waals surface area contributed by atoms with Gasteiger partial charge in [-0.3, -0.25) is 0 Å². The Bertz CT molecular complexity index is 573. The lowest BCUT2D eigenvalue weighted by molar-refractivity contribution is -0.138. The highest BCUT2D eigenvalue weighted by Gasteiger charge is 2.41. The van der Waals surface area contributed by atoms with Crippen molar-refractivity contribution in [2.75, 3.05) is 5.32 Å². The summed E-state index contributed by atoms with van der Waals surface area (Å²) in [5, 5.41) is 11.9. The normalized spacial score (nSPS) is 27.9. The first kappa shape index (κ1) is 14.2. The smallest absolute Gasteiger partial charge is 0.417 e. The molecule has 2 saturated heterocycles. The fraction of sp³-hybridized carbons (Fsp3) is 0.500. The minimum absolute atomic E-state index is 0.0134. The molecule has 2 N–H and O–H groups in total. The second-order valence-electron chi connectivity index (χ2n) is 5.42. The van der Waals surface area contributed by atoms with E-state index in [2.05, 4.69) is 5.32 Å². The second-order valence-corrected chi connectivity index (χ2v) is 5.42. The molecule has 114 valence electrons. The fourth-order valence-electron chi connectivity index (χ4n) is 3.06. The maximum atomic E-state index is 12.9. The topological polar surface area (TPSA) is 58.6 Å². The number of halogens is 3. The van der Waals surface area contributed by atoms with E-state index in [1.807, 2.05) is 0 Å². The van der Waals surface area contributed by atoms with E-state index in [9.17, 15) is 18.0 Å². The average molecular weight is 301 g/mol. The summed E-state index contributed by atoms with van der Waals surface area (Å²) in [4.78, 5) is 10.9. The van der Waals surface area contributed by atoms with E-state index >= 15 is 0 Å². The van der Waals surface area contributed by atoms with Crippen molar-refractivity contribution in [3.05, 3.63) is 29.3 Å². The van der Waals surface area contributed by atoms with Crippen LogP contribution in [0, 0.1) is 0 Å². The molecular formula is C14H14F3NO3. The van der Waals surface area contributed by atoms with Crippen LogP contribution in [0.15, 0.2) is 18.2 Å². The zero-order valence-corrected chi connectivity index (χ0v) is 11.0. The van der Waals surface area contributed by atoms with Crippen LogP contribution >= 0.6 is 0 Å². The molecule has 7 heteroatoms. The highest BCUT2D eigenvalue weighted by molar-refractivity contribution is 5.90. The number of anilines is 1. The van der Waals surface area contributed by atoms with Crippen molar-refractivity contribution in [2.45, 2.75) is 43.7 Å². The van der Waals surface area contributed by atoms with Gasteiger partial charge in [0, 0.05) is 5.69 Å². The monoisotopic (exact) mass is 301 g/mol. The van der Waals surface area contributed by atoms with Gasteiger partial charge in [-0.1, -0.05) is 0 Å². The van der Waals surface area contributed by atoms with Crippen molar-refractivity contribution < 1.29 is 27.8 Å². The van der Waals surface area contributed by atoms with Gasteiger partial charge >= 0.3 is 12.1 Å². The lowest BCUT2D eigenvalue weighted by Crippen LogP contribution is -2.30. The van der Waals surface area contributed by atoms with Crippen molar-refractivity contribution in [2.24, 2.45) is 0 Å². The largest absolute Gasteiger partial charge is 0.478 e. The van der Waals surface area contributed by atoms with Crippen LogP contribution in [0.2, 0.25) is 0 Å².